The van der Waals surface area contributed by atoms with E-state index in [2.05, 4.69) is 19.2 Å². The standard InChI is InChI=1S/C17H26N2O3S.ClH/c1-12(2)9-13(11-18)19-17(20)5-8-23-14-3-4-15-16(10-14)22-7-6-21-15;/h3-4,10,12-13H,5-9,11,18H2,1-2H3,(H,19,20);1H. The first-order valence-electron chi connectivity index (χ1n) is 8.10. The van der Waals surface area contributed by atoms with Crippen LogP contribution >= 0.6 is 24.2 Å². The molecule has 2 rings (SSSR count). The third-order valence-corrected chi connectivity index (χ3v) is 4.51. The van der Waals surface area contributed by atoms with Gasteiger partial charge in [0.15, 0.2) is 11.5 Å². The first-order chi connectivity index (χ1) is 11.1. The normalized spacial score (nSPS) is 14.0. The molecular weight excluding hydrogens is 348 g/mol. The van der Waals surface area contributed by atoms with Gasteiger partial charge in [0.1, 0.15) is 13.2 Å². The van der Waals surface area contributed by atoms with Crippen LogP contribution in [-0.4, -0.2) is 37.5 Å². The molecule has 136 valence electrons. The van der Waals surface area contributed by atoms with Gasteiger partial charge in [-0.2, -0.15) is 0 Å². The molecule has 3 N–H and O–H groups in total. The van der Waals surface area contributed by atoms with Gasteiger partial charge in [0, 0.05) is 29.7 Å². The van der Waals surface area contributed by atoms with Crippen molar-refractivity contribution in [1.29, 1.82) is 0 Å². The van der Waals surface area contributed by atoms with Crippen LogP contribution in [0.1, 0.15) is 26.7 Å². The second-order valence-corrected chi connectivity index (χ2v) is 7.20. The van der Waals surface area contributed by atoms with E-state index in [-0.39, 0.29) is 24.4 Å². The number of thioether (sulfide) groups is 1. The molecule has 0 aliphatic carbocycles. The summed E-state index contributed by atoms with van der Waals surface area (Å²) >= 11 is 1.64. The van der Waals surface area contributed by atoms with Gasteiger partial charge in [0.25, 0.3) is 0 Å². The SMILES string of the molecule is CC(C)CC(CN)NC(=O)CCSc1ccc2c(c1)OCCO2.Cl. The average molecular weight is 375 g/mol. The van der Waals surface area contributed by atoms with Crippen molar-refractivity contribution < 1.29 is 14.3 Å². The molecule has 24 heavy (non-hydrogen) atoms. The number of benzene rings is 1. The van der Waals surface area contributed by atoms with Gasteiger partial charge in [0.2, 0.25) is 5.91 Å². The molecule has 7 heteroatoms. The summed E-state index contributed by atoms with van der Waals surface area (Å²) in [6.45, 7) is 5.93. The van der Waals surface area contributed by atoms with Crippen LogP contribution in [0.2, 0.25) is 0 Å². The summed E-state index contributed by atoms with van der Waals surface area (Å²) in [5, 5.41) is 3.01. The highest BCUT2D eigenvalue weighted by atomic mass is 35.5. The highest BCUT2D eigenvalue weighted by molar-refractivity contribution is 7.99. The predicted molar refractivity (Wildman–Crippen MR) is 100 cm³/mol. The second kappa shape index (κ2) is 10.7. The Labute approximate surface area is 154 Å². The van der Waals surface area contributed by atoms with E-state index in [4.69, 9.17) is 15.2 Å². The summed E-state index contributed by atoms with van der Waals surface area (Å²) < 4.78 is 11.1. The number of carbonyl (C=O) groups excluding carboxylic acids is 1. The average Bonchev–Trinajstić information content (AvgIpc) is 2.53. The molecule has 1 aromatic carbocycles. The quantitative estimate of drug-likeness (QED) is 0.684. The number of carbonyl (C=O) groups is 1. The monoisotopic (exact) mass is 374 g/mol. The maximum absolute atomic E-state index is 12.0. The molecule has 1 aliphatic heterocycles. The van der Waals surface area contributed by atoms with Crippen molar-refractivity contribution in [3.05, 3.63) is 18.2 Å². The van der Waals surface area contributed by atoms with Crippen LogP contribution < -0.4 is 20.5 Å². The molecule has 1 unspecified atom stereocenters. The molecule has 1 aliphatic rings. The molecule has 0 saturated heterocycles. The third-order valence-electron chi connectivity index (χ3n) is 3.52. The zero-order valence-corrected chi connectivity index (χ0v) is 15.9. The zero-order valence-electron chi connectivity index (χ0n) is 14.2. The molecule has 0 fully saturated rings. The Morgan fingerprint density at radius 2 is 2.00 bits per heavy atom. The predicted octanol–water partition coefficient (Wildman–Crippen LogP) is 2.85. The number of fused-ring (bicyclic) bond motifs is 1. The van der Waals surface area contributed by atoms with Gasteiger partial charge in [-0.15, -0.1) is 24.2 Å². The Morgan fingerprint density at radius 3 is 2.67 bits per heavy atom. The van der Waals surface area contributed by atoms with Crippen molar-refractivity contribution in [3.63, 3.8) is 0 Å². The minimum absolute atomic E-state index is 0. The molecule has 0 spiro atoms. The van der Waals surface area contributed by atoms with Crippen molar-refractivity contribution in [2.75, 3.05) is 25.5 Å². The second-order valence-electron chi connectivity index (χ2n) is 6.03. The molecule has 0 bridgehead atoms. The lowest BCUT2D eigenvalue weighted by molar-refractivity contribution is -0.121. The summed E-state index contributed by atoms with van der Waals surface area (Å²) in [6.07, 6.45) is 1.39. The minimum atomic E-state index is 0. The molecular formula is C17H27ClN2O3S. The minimum Gasteiger partial charge on any atom is -0.486 e. The molecule has 1 aromatic rings. The molecule has 0 aromatic heterocycles. The summed E-state index contributed by atoms with van der Waals surface area (Å²) in [7, 11) is 0. The molecule has 0 saturated carbocycles. The Morgan fingerprint density at radius 1 is 1.29 bits per heavy atom. The lowest BCUT2D eigenvalue weighted by atomic mass is 10.0. The van der Waals surface area contributed by atoms with Gasteiger partial charge in [-0.25, -0.2) is 0 Å². The molecule has 1 atom stereocenters. The van der Waals surface area contributed by atoms with Gasteiger partial charge < -0.3 is 20.5 Å². The first-order valence-corrected chi connectivity index (χ1v) is 9.09. The van der Waals surface area contributed by atoms with E-state index in [9.17, 15) is 4.79 Å². The maximum Gasteiger partial charge on any atom is 0.221 e. The van der Waals surface area contributed by atoms with Crippen LogP contribution in [-0.2, 0) is 4.79 Å². The topological polar surface area (TPSA) is 73.6 Å². The highest BCUT2D eigenvalue weighted by Crippen LogP contribution is 2.34. The highest BCUT2D eigenvalue weighted by Gasteiger charge is 2.14. The summed E-state index contributed by atoms with van der Waals surface area (Å²) in [5.41, 5.74) is 5.71. The summed E-state index contributed by atoms with van der Waals surface area (Å²) in [5.74, 6) is 2.88. The van der Waals surface area contributed by atoms with Gasteiger partial charge in [-0.05, 0) is 30.5 Å². The number of hydrogen-bond acceptors (Lipinski definition) is 5. The number of nitrogens with one attached hydrogen (secondary N) is 1. The lowest BCUT2D eigenvalue weighted by Gasteiger charge is -2.19. The van der Waals surface area contributed by atoms with Crippen LogP contribution in [0.25, 0.3) is 0 Å². The van der Waals surface area contributed by atoms with Crippen LogP contribution in [0.15, 0.2) is 23.1 Å². The number of amides is 1. The molecule has 1 amide bonds. The van der Waals surface area contributed by atoms with Crippen LogP contribution in [0, 0.1) is 5.92 Å². The number of rotatable bonds is 8. The van der Waals surface area contributed by atoms with Gasteiger partial charge in [0.05, 0.1) is 0 Å². The largest absolute Gasteiger partial charge is 0.486 e. The Kier molecular flexibility index (Phi) is 9.33. The van der Waals surface area contributed by atoms with Crippen molar-refractivity contribution in [3.8, 4) is 11.5 Å². The molecule has 0 radical (unpaired) electrons. The third kappa shape index (κ3) is 6.79. The van der Waals surface area contributed by atoms with Gasteiger partial charge in [-0.1, -0.05) is 13.8 Å². The van der Waals surface area contributed by atoms with Crippen molar-refractivity contribution in [2.24, 2.45) is 11.7 Å². The maximum atomic E-state index is 12.0. The van der Waals surface area contributed by atoms with Crippen LogP contribution in [0.3, 0.4) is 0 Å². The molecule has 5 nitrogen and oxygen atoms in total. The lowest BCUT2D eigenvalue weighted by Crippen LogP contribution is -2.41. The number of nitrogens with two attached hydrogens (primary N) is 1. The number of hydrogen-bond donors (Lipinski definition) is 2. The fourth-order valence-corrected chi connectivity index (χ4v) is 3.34. The van der Waals surface area contributed by atoms with Gasteiger partial charge in [-0.3, -0.25) is 4.79 Å². The fourth-order valence-electron chi connectivity index (χ4n) is 2.46. The fraction of sp³-hybridized carbons (Fsp3) is 0.588. The Bertz CT molecular complexity index is 529. The Hall–Kier alpha value is -1.11. The van der Waals surface area contributed by atoms with E-state index in [1.54, 1.807) is 11.8 Å². The number of ether oxygens (including phenoxy) is 2. The first kappa shape index (κ1) is 20.9. The van der Waals surface area contributed by atoms with Crippen molar-refractivity contribution in [1.82, 2.24) is 5.32 Å². The van der Waals surface area contributed by atoms with Crippen LogP contribution in [0.5, 0.6) is 11.5 Å². The van der Waals surface area contributed by atoms with E-state index in [0.29, 0.717) is 32.1 Å². The summed E-state index contributed by atoms with van der Waals surface area (Å²) in [4.78, 5) is 13.1. The van der Waals surface area contributed by atoms with Gasteiger partial charge >= 0.3 is 0 Å². The van der Waals surface area contributed by atoms with Crippen molar-refractivity contribution in [2.45, 2.75) is 37.6 Å². The van der Waals surface area contributed by atoms with Crippen LogP contribution in [0.4, 0.5) is 0 Å². The van der Waals surface area contributed by atoms with E-state index >= 15 is 0 Å². The zero-order chi connectivity index (χ0) is 16.7. The van der Waals surface area contributed by atoms with E-state index in [1.165, 1.54) is 0 Å². The Balaban J connectivity index is 0.00000288. The molecule has 1 heterocycles. The van der Waals surface area contributed by atoms with E-state index in [0.717, 1.165) is 28.6 Å². The van der Waals surface area contributed by atoms with E-state index < -0.39 is 0 Å². The smallest absolute Gasteiger partial charge is 0.221 e. The summed E-state index contributed by atoms with van der Waals surface area (Å²) in [6, 6.07) is 5.96. The van der Waals surface area contributed by atoms with E-state index in [1.807, 2.05) is 18.2 Å². The number of halogens is 1. The van der Waals surface area contributed by atoms with Crippen molar-refractivity contribution >= 4 is 30.1 Å².